The summed E-state index contributed by atoms with van der Waals surface area (Å²) in [7, 11) is 0. The van der Waals surface area contributed by atoms with E-state index in [4.69, 9.17) is 10.4 Å². The maximum Gasteiger partial charge on any atom is 0.307 e. The van der Waals surface area contributed by atoms with Crippen LogP contribution in [0.25, 0.3) is 0 Å². The molecule has 0 aliphatic carbocycles. The minimum absolute atomic E-state index is 0.0841. The Balaban J connectivity index is 2.18. The highest BCUT2D eigenvalue weighted by molar-refractivity contribution is 7.07. The molecule has 0 aliphatic heterocycles. The van der Waals surface area contributed by atoms with Crippen molar-refractivity contribution in [3.8, 4) is 0 Å². The third-order valence-corrected chi connectivity index (χ3v) is 2.59. The van der Waals surface area contributed by atoms with E-state index in [9.17, 15) is 9.59 Å². The second-order valence-corrected chi connectivity index (χ2v) is 3.81. The predicted molar refractivity (Wildman–Crippen MR) is 55.8 cm³/mol. The Morgan fingerprint density at radius 3 is 3.12 bits per heavy atom. The number of amides is 1. The highest BCUT2D eigenvalue weighted by Gasteiger charge is 2.11. The highest BCUT2D eigenvalue weighted by Crippen LogP contribution is 2.05. The molecule has 2 aromatic heterocycles. The molecule has 0 saturated heterocycles. The van der Waals surface area contributed by atoms with Crippen LogP contribution in [-0.4, -0.2) is 15.6 Å². The van der Waals surface area contributed by atoms with Gasteiger partial charge in [0.1, 0.15) is 0 Å². The summed E-state index contributed by atoms with van der Waals surface area (Å²) >= 11 is 1.09. The molecule has 2 heterocycles. The van der Waals surface area contributed by atoms with Crippen molar-refractivity contribution in [2.45, 2.75) is 6.54 Å². The molecule has 0 spiro atoms. The smallest absolute Gasteiger partial charge is 0.307 e. The van der Waals surface area contributed by atoms with Gasteiger partial charge in [-0.15, -0.1) is 0 Å². The summed E-state index contributed by atoms with van der Waals surface area (Å²) in [6, 6.07) is 1.44. The zero-order chi connectivity index (χ0) is 11.5. The number of hydrogen-bond donors (Lipinski definition) is 2. The Labute approximate surface area is 93.4 Å². The number of carbonyl (C=O) groups excluding carboxylic acids is 1. The van der Waals surface area contributed by atoms with Gasteiger partial charge in [-0.2, -0.15) is 0 Å². The molecular weight excluding hydrogens is 232 g/mol. The zero-order valence-electron chi connectivity index (χ0n) is 8.04. The van der Waals surface area contributed by atoms with Gasteiger partial charge in [-0.1, -0.05) is 16.5 Å². The number of rotatable bonds is 3. The second-order valence-electron chi connectivity index (χ2n) is 2.95. The molecule has 0 bridgehead atoms. The first kappa shape index (κ1) is 10.6. The van der Waals surface area contributed by atoms with Gasteiger partial charge in [0.25, 0.3) is 5.91 Å². The van der Waals surface area contributed by atoms with Gasteiger partial charge in [-0.3, -0.25) is 19.6 Å². The van der Waals surface area contributed by atoms with Crippen LogP contribution in [0.15, 0.2) is 27.0 Å². The van der Waals surface area contributed by atoms with Gasteiger partial charge in [0.15, 0.2) is 11.5 Å². The van der Waals surface area contributed by atoms with Crippen LogP contribution in [0.4, 0.5) is 0 Å². The number of nitrogen functional groups attached to an aromatic ring is 1. The average Bonchev–Trinajstić information content (AvgIpc) is 2.89. The molecule has 0 saturated carbocycles. The average molecular weight is 240 g/mol. The fourth-order valence-electron chi connectivity index (χ4n) is 1.14. The summed E-state index contributed by atoms with van der Waals surface area (Å²) in [5, 5.41) is 5.19. The van der Waals surface area contributed by atoms with Gasteiger partial charge in [-0.25, -0.2) is 5.84 Å². The lowest BCUT2D eigenvalue weighted by Gasteiger charge is -1.94. The van der Waals surface area contributed by atoms with Crippen LogP contribution >= 0.6 is 11.3 Å². The molecule has 8 heteroatoms. The van der Waals surface area contributed by atoms with E-state index in [-0.39, 0.29) is 17.1 Å². The van der Waals surface area contributed by atoms with Crippen LogP contribution in [0, 0.1) is 0 Å². The van der Waals surface area contributed by atoms with Crippen LogP contribution in [0.5, 0.6) is 0 Å². The Morgan fingerprint density at radius 1 is 1.69 bits per heavy atom. The van der Waals surface area contributed by atoms with Crippen LogP contribution < -0.4 is 16.1 Å². The van der Waals surface area contributed by atoms with Crippen molar-refractivity contribution >= 4 is 17.2 Å². The fourth-order valence-corrected chi connectivity index (χ4v) is 1.73. The van der Waals surface area contributed by atoms with E-state index in [2.05, 4.69) is 5.16 Å². The second kappa shape index (κ2) is 4.29. The Morgan fingerprint density at radius 2 is 2.50 bits per heavy atom. The number of aromatic nitrogens is 2. The van der Waals surface area contributed by atoms with Crippen molar-refractivity contribution in [2.75, 3.05) is 0 Å². The van der Waals surface area contributed by atoms with E-state index in [0.717, 1.165) is 11.3 Å². The van der Waals surface area contributed by atoms with Gasteiger partial charge in [-0.05, 0) is 0 Å². The predicted octanol–water partition coefficient (Wildman–Crippen LogP) is -0.450. The number of nitrogens with zero attached hydrogens (tertiary/aromatic N) is 2. The van der Waals surface area contributed by atoms with E-state index in [0.29, 0.717) is 5.76 Å². The molecule has 0 aromatic carbocycles. The van der Waals surface area contributed by atoms with Gasteiger partial charge in [0.2, 0.25) is 0 Å². The molecule has 2 aromatic rings. The molecule has 0 radical (unpaired) electrons. The van der Waals surface area contributed by atoms with E-state index < -0.39 is 5.91 Å². The number of carbonyl (C=O) groups is 1. The summed E-state index contributed by atoms with van der Waals surface area (Å²) in [6.07, 6.45) is 1.64. The Kier molecular flexibility index (Phi) is 2.84. The molecule has 7 nitrogen and oxygen atoms in total. The molecule has 0 aliphatic rings. The van der Waals surface area contributed by atoms with E-state index >= 15 is 0 Å². The number of hydrogen-bond acceptors (Lipinski definition) is 6. The molecular formula is C8H8N4O3S. The van der Waals surface area contributed by atoms with Gasteiger partial charge in [0.05, 0.1) is 6.54 Å². The molecule has 0 fully saturated rings. The zero-order valence-corrected chi connectivity index (χ0v) is 8.86. The normalized spacial score (nSPS) is 10.3. The summed E-state index contributed by atoms with van der Waals surface area (Å²) < 4.78 is 6.35. The number of thiazole rings is 1. The topological polar surface area (TPSA) is 103 Å². The highest BCUT2D eigenvalue weighted by atomic mass is 32.1. The molecule has 1 amide bonds. The van der Waals surface area contributed by atoms with Crippen LogP contribution in [0.2, 0.25) is 0 Å². The number of hydrazine groups is 1. The Hall–Kier alpha value is -1.93. The van der Waals surface area contributed by atoms with Crippen LogP contribution in [-0.2, 0) is 6.54 Å². The van der Waals surface area contributed by atoms with Crippen molar-refractivity contribution in [3.05, 3.63) is 38.8 Å². The summed E-state index contributed by atoms with van der Waals surface area (Å²) in [5.74, 6) is 4.82. The number of nitrogens with two attached hydrogens (primary N) is 1. The summed E-state index contributed by atoms with van der Waals surface area (Å²) in [5.41, 5.74) is 2.02. The molecule has 0 atom stereocenters. The van der Waals surface area contributed by atoms with Crippen LogP contribution in [0.3, 0.4) is 0 Å². The molecule has 3 N–H and O–H groups in total. The molecule has 16 heavy (non-hydrogen) atoms. The lowest BCUT2D eigenvalue weighted by molar-refractivity contribution is 0.0944. The van der Waals surface area contributed by atoms with Gasteiger partial charge < -0.3 is 4.52 Å². The van der Waals surface area contributed by atoms with E-state index in [1.165, 1.54) is 10.6 Å². The standard InChI is InChI=1S/C8H8N4O3S/c9-10-7(13)6-3-5(15-11-6)4-12-1-2-16-8(12)14/h1-3H,4,9H2,(H,10,13). The maximum atomic E-state index is 11.2. The lowest BCUT2D eigenvalue weighted by Crippen LogP contribution is -2.30. The monoisotopic (exact) mass is 240 g/mol. The SMILES string of the molecule is NNC(=O)c1cc(Cn2ccsc2=O)on1. The quantitative estimate of drug-likeness (QED) is 0.429. The van der Waals surface area contributed by atoms with E-state index in [1.54, 1.807) is 11.6 Å². The Bertz CT molecular complexity index is 555. The first-order chi connectivity index (χ1) is 7.70. The van der Waals surface area contributed by atoms with E-state index in [1.807, 2.05) is 5.43 Å². The van der Waals surface area contributed by atoms with Crippen molar-refractivity contribution in [1.82, 2.24) is 15.1 Å². The first-order valence-corrected chi connectivity index (χ1v) is 5.19. The van der Waals surface area contributed by atoms with Crippen molar-refractivity contribution in [2.24, 2.45) is 5.84 Å². The molecule has 2 rings (SSSR count). The summed E-state index contributed by atoms with van der Waals surface area (Å²) in [6.45, 7) is 0.243. The van der Waals surface area contributed by atoms with Crippen molar-refractivity contribution in [3.63, 3.8) is 0 Å². The van der Waals surface area contributed by atoms with Crippen molar-refractivity contribution in [1.29, 1.82) is 0 Å². The minimum atomic E-state index is -0.535. The maximum absolute atomic E-state index is 11.2. The van der Waals surface area contributed by atoms with Crippen LogP contribution in [0.1, 0.15) is 16.2 Å². The molecule has 84 valence electrons. The first-order valence-electron chi connectivity index (χ1n) is 4.31. The third-order valence-electron chi connectivity index (χ3n) is 1.89. The van der Waals surface area contributed by atoms with Gasteiger partial charge >= 0.3 is 4.87 Å². The number of nitrogens with one attached hydrogen (secondary N) is 1. The lowest BCUT2D eigenvalue weighted by atomic mass is 10.3. The largest absolute Gasteiger partial charge is 0.359 e. The summed E-state index contributed by atoms with van der Waals surface area (Å²) in [4.78, 5) is 22.2. The molecule has 0 unspecified atom stereocenters. The van der Waals surface area contributed by atoms with Gasteiger partial charge in [0, 0.05) is 17.6 Å². The third kappa shape index (κ3) is 2.02. The minimum Gasteiger partial charge on any atom is -0.359 e. The van der Waals surface area contributed by atoms with Crippen molar-refractivity contribution < 1.29 is 9.32 Å². The fraction of sp³-hybridized carbons (Fsp3) is 0.125.